The van der Waals surface area contributed by atoms with E-state index in [1.807, 2.05) is 6.26 Å². The van der Waals surface area contributed by atoms with E-state index in [1.54, 1.807) is 16.7 Å². The summed E-state index contributed by atoms with van der Waals surface area (Å²) in [5.41, 5.74) is 6.76. The van der Waals surface area contributed by atoms with E-state index >= 15 is 0 Å². The van der Waals surface area contributed by atoms with Gasteiger partial charge in [0.15, 0.2) is 0 Å². The first-order chi connectivity index (χ1) is 7.20. The third kappa shape index (κ3) is 2.59. The summed E-state index contributed by atoms with van der Waals surface area (Å²) in [5.74, 6) is 0. The summed E-state index contributed by atoms with van der Waals surface area (Å²) in [6.45, 7) is 1.29. The fraction of sp³-hybridized carbons (Fsp3) is 0.700. The van der Waals surface area contributed by atoms with E-state index in [2.05, 4.69) is 0 Å². The lowest BCUT2D eigenvalue weighted by Crippen LogP contribution is -2.38. The predicted octanol–water partition coefficient (Wildman–Crippen LogP) is 1.52. The van der Waals surface area contributed by atoms with Gasteiger partial charge in [0.25, 0.3) is 0 Å². The molecule has 5 heteroatoms. The molecule has 15 heavy (non-hydrogen) atoms. The topological polar surface area (TPSA) is 55.6 Å². The molecular weight excluding hydrogens is 212 g/mol. The molecule has 2 N–H and O–H groups in total. The van der Waals surface area contributed by atoms with Crippen molar-refractivity contribution in [2.45, 2.75) is 25.4 Å². The van der Waals surface area contributed by atoms with E-state index in [0.717, 1.165) is 29.9 Å². The first kappa shape index (κ1) is 10.7. The van der Waals surface area contributed by atoms with Crippen molar-refractivity contribution in [3.8, 4) is 0 Å². The molecule has 1 heterocycles. The normalized spacial score (nSPS) is 21.8. The van der Waals surface area contributed by atoms with E-state index < -0.39 is 0 Å². The number of thioether (sulfide) groups is 1. The summed E-state index contributed by atoms with van der Waals surface area (Å²) in [5, 5.41) is 0. The van der Waals surface area contributed by atoms with Gasteiger partial charge < -0.3 is 15.4 Å². The van der Waals surface area contributed by atoms with Crippen LogP contribution in [0.2, 0.25) is 0 Å². The Hall–Kier alpha value is -0.840. The summed E-state index contributed by atoms with van der Waals surface area (Å²) in [4.78, 5) is 14.5. The minimum atomic E-state index is -0.184. The fourth-order valence-corrected chi connectivity index (χ4v) is 2.15. The molecular formula is C10H16N2O2S. The molecule has 0 saturated heterocycles. The van der Waals surface area contributed by atoms with E-state index in [1.165, 1.54) is 0 Å². The van der Waals surface area contributed by atoms with Crippen LogP contribution in [-0.2, 0) is 4.74 Å². The van der Waals surface area contributed by atoms with Gasteiger partial charge in [-0.15, -0.1) is 11.8 Å². The second-order valence-corrected chi connectivity index (χ2v) is 4.81. The highest BCUT2D eigenvalue weighted by Gasteiger charge is 2.30. The van der Waals surface area contributed by atoms with Gasteiger partial charge in [0.2, 0.25) is 0 Å². The molecule has 0 radical (unpaired) electrons. The lowest BCUT2D eigenvalue weighted by molar-refractivity contribution is 0.0983. The van der Waals surface area contributed by atoms with Crippen molar-refractivity contribution >= 4 is 17.9 Å². The molecule has 0 bridgehead atoms. The smallest absolute Gasteiger partial charge is 0.410 e. The largest absolute Gasteiger partial charge is 0.446 e. The second-order valence-electron chi connectivity index (χ2n) is 3.91. The van der Waals surface area contributed by atoms with Crippen molar-refractivity contribution in [1.82, 2.24) is 4.90 Å². The molecule has 0 aromatic rings. The average Bonchev–Trinajstić information content (AvgIpc) is 3.02. The summed E-state index contributed by atoms with van der Waals surface area (Å²) in [6.07, 6.45) is 4.78. The fourth-order valence-electron chi connectivity index (χ4n) is 1.50. The Morgan fingerprint density at radius 3 is 2.93 bits per heavy atom. The maximum Gasteiger partial charge on any atom is 0.410 e. The molecule has 0 spiro atoms. The van der Waals surface area contributed by atoms with Crippen molar-refractivity contribution in [3.05, 3.63) is 10.6 Å². The summed E-state index contributed by atoms with van der Waals surface area (Å²) >= 11 is 1.61. The average molecular weight is 228 g/mol. The molecule has 1 aliphatic carbocycles. The number of hydrogen-bond donors (Lipinski definition) is 1. The lowest BCUT2D eigenvalue weighted by Gasteiger charge is -2.28. The maximum absolute atomic E-state index is 11.6. The van der Waals surface area contributed by atoms with Crippen molar-refractivity contribution in [2.24, 2.45) is 5.73 Å². The van der Waals surface area contributed by atoms with Crippen molar-refractivity contribution in [2.75, 3.05) is 19.3 Å². The van der Waals surface area contributed by atoms with E-state index in [-0.39, 0.29) is 12.2 Å². The number of nitrogens with zero attached hydrogens (tertiary/aromatic N) is 1. The Morgan fingerprint density at radius 1 is 1.60 bits per heavy atom. The minimum Gasteiger partial charge on any atom is -0.446 e. The highest BCUT2D eigenvalue weighted by molar-refractivity contribution is 8.02. The van der Waals surface area contributed by atoms with Gasteiger partial charge in [-0.25, -0.2) is 4.79 Å². The van der Waals surface area contributed by atoms with Gasteiger partial charge in [0, 0.05) is 23.6 Å². The van der Waals surface area contributed by atoms with Crippen LogP contribution in [0.3, 0.4) is 0 Å². The van der Waals surface area contributed by atoms with Gasteiger partial charge in [-0.1, -0.05) is 0 Å². The van der Waals surface area contributed by atoms with Crippen LogP contribution in [0.25, 0.3) is 0 Å². The molecule has 1 fully saturated rings. The Balaban J connectivity index is 1.91. The quantitative estimate of drug-likeness (QED) is 0.778. The first-order valence-electron chi connectivity index (χ1n) is 5.17. The molecule has 4 nitrogen and oxygen atoms in total. The summed E-state index contributed by atoms with van der Waals surface area (Å²) in [7, 11) is 0. The lowest BCUT2D eigenvalue weighted by atomic mass is 10.2. The Bertz CT molecular complexity index is 300. The zero-order valence-corrected chi connectivity index (χ0v) is 9.68. The molecule has 0 unspecified atom stereocenters. The molecule has 2 aliphatic rings. The number of rotatable bonds is 2. The van der Waals surface area contributed by atoms with Gasteiger partial charge in [-0.05, 0) is 19.1 Å². The number of carbonyl (C=O) groups is 1. The van der Waals surface area contributed by atoms with Crippen LogP contribution in [0.15, 0.2) is 10.6 Å². The van der Waals surface area contributed by atoms with E-state index in [0.29, 0.717) is 13.1 Å². The first-order valence-corrected chi connectivity index (χ1v) is 6.40. The number of nitrogens with two attached hydrogens (primary N) is 1. The third-order valence-corrected chi connectivity index (χ3v) is 3.52. The zero-order chi connectivity index (χ0) is 10.8. The summed E-state index contributed by atoms with van der Waals surface area (Å²) < 4.78 is 5.24. The van der Waals surface area contributed by atoms with Crippen LogP contribution in [-0.4, -0.2) is 36.4 Å². The third-order valence-electron chi connectivity index (χ3n) is 2.64. The molecule has 2 rings (SSSR count). The van der Waals surface area contributed by atoms with Crippen molar-refractivity contribution < 1.29 is 9.53 Å². The molecule has 1 saturated carbocycles. The van der Waals surface area contributed by atoms with Crippen LogP contribution in [0, 0.1) is 0 Å². The maximum atomic E-state index is 11.6. The Kier molecular flexibility index (Phi) is 3.09. The number of ether oxygens (including phenoxy) is 1. The highest BCUT2D eigenvalue weighted by Crippen LogP contribution is 2.27. The molecule has 0 aromatic carbocycles. The van der Waals surface area contributed by atoms with Gasteiger partial charge in [-0.3, -0.25) is 0 Å². The van der Waals surface area contributed by atoms with Crippen LogP contribution in [0.1, 0.15) is 19.3 Å². The SMILES string of the molecule is CSC1=C(N)CCN(C(=O)OC2CC2)C1. The van der Waals surface area contributed by atoms with Gasteiger partial charge in [0.05, 0.1) is 6.54 Å². The monoisotopic (exact) mass is 228 g/mol. The highest BCUT2D eigenvalue weighted by atomic mass is 32.2. The van der Waals surface area contributed by atoms with Crippen LogP contribution in [0.5, 0.6) is 0 Å². The Labute approximate surface area is 93.8 Å². The minimum absolute atomic E-state index is 0.179. The predicted molar refractivity (Wildman–Crippen MR) is 60.4 cm³/mol. The van der Waals surface area contributed by atoms with E-state index in [4.69, 9.17) is 10.5 Å². The number of amides is 1. The van der Waals surface area contributed by atoms with Crippen LogP contribution < -0.4 is 5.73 Å². The van der Waals surface area contributed by atoms with Gasteiger partial charge >= 0.3 is 6.09 Å². The molecule has 1 aliphatic heterocycles. The van der Waals surface area contributed by atoms with Crippen LogP contribution in [0.4, 0.5) is 4.79 Å². The molecule has 0 atom stereocenters. The van der Waals surface area contributed by atoms with Gasteiger partial charge in [-0.2, -0.15) is 0 Å². The zero-order valence-electron chi connectivity index (χ0n) is 8.86. The van der Waals surface area contributed by atoms with Crippen molar-refractivity contribution in [3.63, 3.8) is 0 Å². The second kappa shape index (κ2) is 4.35. The molecule has 0 aromatic heterocycles. The number of hydrogen-bond acceptors (Lipinski definition) is 4. The number of carbonyl (C=O) groups excluding carboxylic acids is 1. The molecule has 1 amide bonds. The van der Waals surface area contributed by atoms with Gasteiger partial charge in [0.1, 0.15) is 6.10 Å². The summed E-state index contributed by atoms with van der Waals surface area (Å²) in [6, 6.07) is 0. The van der Waals surface area contributed by atoms with Crippen molar-refractivity contribution in [1.29, 1.82) is 0 Å². The standard InChI is InChI=1S/C10H16N2O2S/c1-15-9-6-12(5-4-8(9)11)10(13)14-7-2-3-7/h7H,2-6,11H2,1H3. The molecule has 84 valence electrons. The van der Waals surface area contributed by atoms with Crippen LogP contribution >= 0.6 is 11.8 Å². The Morgan fingerprint density at radius 2 is 2.33 bits per heavy atom. The van der Waals surface area contributed by atoms with E-state index in [9.17, 15) is 4.79 Å².